The Kier molecular flexibility index (Phi) is 9.89. The number of rotatable bonds is 9. The summed E-state index contributed by atoms with van der Waals surface area (Å²) in [6.45, 7) is 11.9. The summed E-state index contributed by atoms with van der Waals surface area (Å²) in [6.07, 6.45) is 7.66. The lowest BCUT2D eigenvalue weighted by Crippen LogP contribution is -2.34. The van der Waals surface area contributed by atoms with Gasteiger partial charge >= 0.3 is 0 Å². The quantitative estimate of drug-likeness (QED) is 0.404. The summed E-state index contributed by atoms with van der Waals surface area (Å²) in [6, 6.07) is 4.11. The number of carbonyl (C=O) groups is 1. The van der Waals surface area contributed by atoms with Crippen LogP contribution in [0.25, 0.3) is 0 Å². The molecule has 136 valence electrons. The molecule has 0 saturated heterocycles. The van der Waals surface area contributed by atoms with Crippen LogP contribution in [-0.4, -0.2) is 42.1 Å². The second kappa shape index (κ2) is 12.0. The Morgan fingerprint density at radius 1 is 1.52 bits per heavy atom. The number of carbonyl (C=O) groups excluding carboxylic acids is 1. The van der Waals surface area contributed by atoms with Crippen LogP contribution in [0.1, 0.15) is 18.2 Å². The number of allylic oxidation sites excluding steroid dienone is 2. The predicted molar refractivity (Wildman–Crippen MR) is 100 cm³/mol. The fraction of sp³-hybridized carbons (Fsp3) is 0.368. The second-order valence-electron chi connectivity index (χ2n) is 5.40. The molecule has 2 heterocycles. The minimum absolute atomic E-state index is 0.297. The number of hydrogen-bond donors (Lipinski definition) is 2. The van der Waals surface area contributed by atoms with Gasteiger partial charge in [-0.2, -0.15) is 0 Å². The van der Waals surface area contributed by atoms with Gasteiger partial charge in [0.15, 0.2) is 0 Å². The van der Waals surface area contributed by atoms with Gasteiger partial charge in [-0.25, -0.2) is 0 Å². The van der Waals surface area contributed by atoms with Crippen molar-refractivity contribution in [3.05, 3.63) is 66.7 Å². The zero-order valence-electron chi connectivity index (χ0n) is 14.9. The van der Waals surface area contributed by atoms with E-state index >= 15 is 0 Å². The Hall–Kier alpha value is -2.44. The van der Waals surface area contributed by atoms with E-state index in [1.165, 1.54) is 11.3 Å². The van der Waals surface area contributed by atoms with Crippen molar-refractivity contribution in [2.45, 2.75) is 26.1 Å². The molecule has 6 heteroatoms. The molecular weight excluding hydrogens is 316 g/mol. The average molecular weight is 344 g/mol. The maximum Gasteiger partial charge on any atom is 0.293 e. The van der Waals surface area contributed by atoms with Gasteiger partial charge in [-0.15, -0.1) is 13.2 Å². The highest BCUT2D eigenvalue weighted by Gasteiger charge is 2.17. The third kappa shape index (κ3) is 6.91. The molecule has 1 aliphatic heterocycles. The van der Waals surface area contributed by atoms with Crippen LogP contribution in [0.3, 0.4) is 0 Å². The minimum atomic E-state index is -0.310. The summed E-state index contributed by atoms with van der Waals surface area (Å²) in [5, 5.41) is 3.23. The molecule has 25 heavy (non-hydrogen) atoms. The van der Waals surface area contributed by atoms with Crippen LogP contribution in [0, 0.1) is 0 Å². The molecule has 0 bridgehead atoms. The van der Waals surface area contributed by atoms with Crippen molar-refractivity contribution in [3.63, 3.8) is 0 Å². The highest BCUT2D eigenvalue weighted by Crippen LogP contribution is 2.19. The number of ether oxygens (including phenoxy) is 1. The lowest BCUT2D eigenvalue weighted by molar-refractivity contribution is -0.132. The maximum absolute atomic E-state index is 10.4. The summed E-state index contributed by atoms with van der Waals surface area (Å²) < 4.78 is 4.87. The van der Waals surface area contributed by atoms with Crippen LogP contribution in [0.15, 0.2) is 55.4 Å². The van der Waals surface area contributed by atoms with Crippen molar-refractivity contribution in [1.29, 1.82) is 0 Å². The van der Waals surface area contributed by atoms with Crippen molar-refractivity contribution in [2.24, 2.45) is 5.73 Å². The number of fused-ring (bicyclic) bond motifs is 1. The van der Waals surface area contributed by atoms with Gasteiger partial charge in [-0.3, -0.25) is 14.7 Å². The molecule has 0 fully saturated rings. The molecule has 0 aromatic carbocycles. The fourth-order valence-electron chi connectivity index (χ4n) is 2.48. The first-order valence-electron chi connectivity index (χ1n) is 8.27. The van der Waals surface area contributed by atoms with E-state index in [0.717, 1.165) is 25.3 Å². The Balaban J connectivity index is 0.00000151. The van der Waals surface area contributed by atoms with Crippen LogP contribution in [0.4, 0.5) is 0 Å². The van der Waals surface area contributed by atoms with Crippen LogP contribution >= 0.6 is 0 Å². The molecule has 2 rings (SSSR count). The van der Waals surface area contributed by atoms with Crippen molar-refractivity contribution in [2.75, 3.05) is 19.6 Å². The van der Waals surface area contributed by atoms with E-state index in [2.05, 4.69) is 40.5 Å². The smallest absolute Gasteiger partial charge is 0.293 e. The highest BCUT2D eigenvalue weighted by molar-refractivity contribution is 5.37. The molecule has 0 spiro atoms. The van der Waals surface area contributed by atoms with Crippen molar-refractivity contribution in [3.8, 4) is 0 Å². The summed E-state index contributed by atoms with van der Waals surface area (Å²) in [4.78, 5) is 17.1. The molecule has 1 unspecified atom stereocenters. The largest absolute Gasteiger partial charge is 0.461 e. The van der Waals surface area contributed by atoms with Crippen molar-refractivity contribution in [1.82, 2.24) is 15.2 Å². The Labute approximate surface area is 150 Å². The molecule has 0 radical (unpaired) electrons. The van der Waals surface area contributed by atoms with Crippen LogP contribution in [-0.2, 0) is 22.6 Å². The summed E-state index contributed by atoms with van der Waals surface area (Å²) in [5.74, 6) is 0. The summed E-state index contributed by atoms with van der Waals surface area (Å²) in [7, 11) is 0. The monoisotopic (exact) mass is 344 g/mol. The zero-order chi connectivity index (χ0) is 18.5. The Morgan fingerprint density at radius 2 is 2.32 bits per heavy atom. The molecule has 1 aromatic rings. The first-order valence-corrected chi connectivity index (χ1v) is 8.27. The van der Waals surface area contributed by atoms with Gasteiger partial charge in [0, 0.05) is 38.1 Å². The third-order valence-electron chi connectivity index (χ3n) is 3.77. The summed E-state index contributed by atoms with van der Waals surface area (Å²) >= 11 is 0. The highest BCUT2D eigenvalue weighted by atomic mass is 16.5. The van der Waals surface area contributed by atoms with Crippen molar-refractivity contribution < 1.29 is 9.53 Å². The first-order chi connectivity index (χ1) is 12.3. The molecular formula is C19H28N4O2. The lowest BCUT2D eigenvalue weighted by Gasteiger charge is -2.15. The molecule has 1 aromatic heterocycles. The molecule has 1 aliphatic rings. The Bertz CT molecular complexity index is 562. The number of nitrogens with one attached hydrogen (secondary N) is 1. The van der Waals surface area contributed by atoms with Gasteiger partial charge in [0.1, 0.15) is 6.10 Å². The number of aromatic nitrogens is 1. The maximum atomic E-state index is 10.4. The molecule has 3 N–H and O–H groups in total. The molecule has 0 saturated carbocycles. The number of nitrogens with zero attached hydrogens (tertiary/aromatic N) is 2. The van der Waals surface area contributed by atoms with Crippen LogP contribution in [0.5, 0.6) is 0 Å². The lowest BCUT2D eigenvalue weighted by atomic mass is 10.2. The fourth-order valence-corrected chi connectivity index (χ4v) is 2.48. The van der Waals surface area contributed by atoms with Gasteiger partial charge < -0.3 is 15.8 Å². The zero-order valence-corrected chi connectivity index (χ0v) is 14.9. The number of pyridine rings is 1. The molecule has 6 nitrogen and oxygen atoms in total. The van der Waals surface area contributed by atoms with Gasteiger partial charge in [0.05, 0.1) is 12.2 Å². The third-order valence-corrected chi connectivity index (χ3v) is 3.77. The average Bonchev–Trinajstić information content (AvgIpc) is 3.07. The predicted octanol–water partition coefficient (Wildman–Crippen LogP) is 1.75. The normalized spacial score (nSPS) is 15.2. The van der Waals surface area contributed by atoms with Gasteiger partial charge in [-0.1, -0.05) is 18.2 Å². The number of hydrogen-bond acceptors (Lipinski definition) is 6. The summed E-state index contributed by atoms with van der Waals surface area (Å²) in [5.41, 5.74) is 8.99. The Morgan fingerprint density at radius 3 is 2.96 bits per heavy atom. The van der Waals surface area contributed by atoms with E-state index in [1.807, 2.05) is 31.3 Å². The van der Waals surface area contributed by atoms with E-state index in [0.29, 0.717) is 19.6 Å². The van der Waals surface area contributed by atoms with E-state index < -0.39 is 0 Å². The van der Waals surface area contributed by atoms with Crippen molar-refractivity contribution >= 4 is 6.47 Å². The number of nitrogens with two attached hydrogens (primary N) is 1. The van der Waals surface area contributed by atoms with Gasteiger partial charge in [0.25, 0.3) is 6.47 Å². The standard InChI is InChI=1S/C17H24N4O2.C2H4/c1-2-15(20-10-16(9-18)23-13-22)6-4-8-21-11-14-5-3-7-19-17(14)12-21;1-2/h2-7,13,16,20H,8-12,18H2,1H3;1-2H2/b6-4-,15-2+;. The van der Waals surface area contributed by atoms with Gasteiger partial charge in [-0.05, 0) is 24.6 Å². The molecule has 0 aliphatic carbocycles. The molecule has 1 atom stereocenters. The first kappa shape index (κ1) is 20.6. The minimum Gasteiger partial charge on any atom is -0.461 e. The SMILES string of the molecule is C/C=C(\C=C/CN1Cc2cccnc2C1)NCC(CN)OC=O.C=C. The van der Waals surface area contributed by atoms with E-state index in [4.69, 9.17) is 10.5 Å². The van der Waals surface area contributed by atoms with E-state index in [-0.39, 0.29) is 6.10 Å². The molecule has 0 amide bonds. The topological polar surface area (TPSA) is 80.5 Å². The van der Waals surface area contributed by atoms with Crippen LogP contribution in [0.2, 0.25) is 0 Å². The van der Waals surface area contributed by atoms with E-state index in [1.54, 1.807) is 0 Å². The van der Waals surface area contributed by atoms with Crippen LogP contribution < -0.4 is 11.1 Å². The second-order valence-corrected chi connectivity index (χ2v) is 5.40. The van der Waals surface area contributed by atoms with Gasteiger partial charge in [0.2, 0.25) is 0 Å². The van der Waals surface area contributed by atoms with E-state index in [9.17, 15) is 4.79 Å².